The number of hydrogen-bond donors (Lipinski definition) is 0. The van der Waals surface area contributed by atoms with E-state index in [1.807, 2.05) is 13.8 Å². The van der Waals surface area contributed by atoms with Gasteiger partial charge in [-0.2, -0.15) is 0 Å². The number of aromatic nitrogens is 1. The quantitative estimate of drug-likeness (QED) is 0.788. The van der Waals surface area contributed by atoms with Gasteiger partial charge in [-0.05, 0) is 17.7 Å². The van der Waals surface area contributed by atoms with Gasteiger partial charge in [0.15, 0.2) is 0 Å². The van der Waals surface area contributed by atoms with E-state index in [1.54, 1.807) is 40.8 Å². The van der Waals surface area contributed by atoms with E-state index in [-0.39, 0.29) is 35.0 Å². The van der Waals surface area contributed by atoms with Gasteiger partial charge in [0, 0.05) is 31.0 Å². The third-order valence-corrected chi connectivity index (χ3v) is 4.94. The summed E-state index contributed by atoms with van der Waals surface area (Å²) in [6.07, 6.45) is 0.177. The van der Waals surface area contributed by atoms with E-state index in [0.29, 0.717) is 23.4 Å². The predicted molar refractivity (Wildman–Crippen MR) is 97.0 cm³/mol. The zero-order valence-electron chi connectivity index (χ0n) is 14.5. The molecule has 25 heavy (non-hydrogen) atoms. The molecule has 3 rings (SSSR count). The van der Waals surface area contributed by atoms with Crippen LogP contribution in [0.2, 0.25) is 0 Å². The zero-order chi connectivity index (χ0) is 18.4. The Labute approximate surface area is 150 Å². The van der Waals surface area contributed by atoms with Crippen LogP contribution in [-0.2, 0) is 23.7 Å². The van der Waals surface area contributed by atoms with Gasteiger partial charge in [0.2, 0.25) is 5.91 Å². The van der Waals surface area contributed by atoms with Gasteiger partial charge in [-0.3, -0.25) is 9.59 Å². The second-order valence-electron chi connectivity index (χ2n) is 7.03. The molecule has 4 nitrogen and oxygen atoms in total. The lowest BCUT2D eigenvalue weighted by Gasteiger charge is -2.20. The van der Waals surface area contributed by atoms with Gasteiger partial charge in [0.25, 0.3) is 5.56 Å². The molecule has 0 unspecified atom stereocenters. The van der Waals surface area contributed by atoms with Crippen LogP contribution in [-0.4, -0.2) is 22.9 Å². The Morgan fingerprint density at radius 3 is 2.60 bits per heavy atom. The first-order chi connectivity index (χ1) is 11.8. The normalized spacial score (nSPS) is 15.3. The van der Waals surface area contributed by atoms with Crippen LogP contribution in [0.4, 0.5) is 10.1 Å². The van der Waals surface area contributed by atoms with E-state index in [0.717, 1.165) is 5.69 Å². The Bertz CT molecular complexity index is 905. The van der Waals surface area contributed by atoms with E-state index in [4.69, 9.17) is 11.6 Å². The SMILES string of the molecule is Cn1c2c(cc(Cc3ccccc3F)c1=O)N(C(=O)CCl)CC2(C)C. The molecule has 0 saturated heterocycles. The lowest BCUT2D eigenvalue weighted by Crippen LogP contribution is -2.35. The number of rotatable bonds is 3. The molecule has 0 saturated carbocycles. The average Bonchev–Trinajstić information content (AvgIpc) is 2.84. The second-order valence-corrected chi connectivity index (χ2v) is 7.30. The third kappa shape index (κ3) is 2.97. The van der Waals surface area contributed by atoms with Crippen molar-refractivity contribution in [2.75, 3.05) is 17.3 Å². The standard InChI is InChI=1S/C19H20ClFN2O2/c1-19(2)11-23(16(24)10-20)15-9-13(18(25)22(3)17(15)19)8-12-6-4-5-7-14(12)21/h4-7,9H,8,10-11H2,1-3H3. The Morgan fingerprint density at radius 2 is 1.96 bits per heavy atom. The van der Waals surface area contributed by atoms with Gasteiger partial charge in [-0.1, -0.05) is 32.0 Å². The molecule has 6 heteroatoms. The van der Waals surface area contributed by atoms with Crippen molar-refractivity contribution in [3.05, 3.63) is 63.3 Å². The van der Waals surface area contributed by atoms with Crippen molar-refractivity contribution < 1.29 is 9.18 Å². The molecule has 0 bridgehead atoms. The molecule has 1 amide bonds. The van der Waals surface area contributed by atoms with Crippen molar-refractivity contribution in [3.8, 4) is 0 Å². The van der Waals surface area contributed by atoms with Gasteiger partial charge in [0.05, 0.1) is 11.4 Å². The van der Waals surface area contributed by atoms with E-state index in [9.17, 15) is 14.0 Å². The fourth-order valence-corrected chi connectivity index (χ4v) is 3.76. The Hall–Kier alpha value is -2.14. The number of anilines is 1. The maximum atomic E-state index is 14.0. The number of hydrogen-bond acceptors (Lipinski definition) is 2. The molecule has 1 aromatic carbocycles. The highest BCUT2D eigenvalue weighted by molar-refractivity contribution is 6.29. The number of amides is 1. The van der Waals surface area contributed by atoms with Crippen molar-refractivity contribution in [1.82, 2.24) is 4.57 Å². The number of carbonyl (C=O) groups is 1. The molecule has 132 valence electrons. The highest BCUT2D eigenvalue weighted by atomic mass is 35.5. The lowest BCUT2D eigenvalue weighted by molar-refractivity contribution is -0.116. The molecule has 0 spiro atoms. The van der Waals surface area contributed by atoms with Crippen LogP contribution in [0.5, 0.6) is 0 Å². The number of carbonyl (C=O) groups excluding carboxylic acids is 1. The monoisotopic (exact) mass is 362 g/mol. The van der Waals surface area contributed by atoms with E-state index in [2.05, 4.69) is 0 Å². The maximum absolute atomic E-state index is 14.0. The van der Waals surface area contributed by atoms with Crippen LogP contribution in [0.15, 0.2) is 35.1 Å². The number of fused-ring (bicyclic) bond motifs is 1. The van der Waals surface area contributed by atoms with Gasteiger partial charge in [0.1, 0.15) is 11.7 Å². The molecule has 1 aliphatic heterocycles. The van der Waals surface area contributed by atoms with Gasteiger partial charge >= 0.3 is 0 Å². The second kappa shape index (κ2) is 6.30. The highest BCUT2D eigenvalue weighted by Crippen LogP contribution is 2.40. The van der Waals surface area contributed by atoms with Crippen LogP contribution in [0, 0.1) is 5.82 Å². The summed E-state index contributed by atoms with van der Waals surface area (Å²) in [5.74, 6) is -0.677. The van der Waals surface area contributed by atoms with Gasteiger partial charge in [-0.25, -0.2) is 4.39 Å². The topological polar surface area (TPSA) is 42.3 Å². The number of nitrogens with zero attached hydrogens (tertiary/aromatic N) is 2. The molecule has 0 aliphatic carbocycles. The molecule has 0 atom stereocenters. The fourth-order valence-electron chi connectivity index (χ4n) is 3.61. The molecule has 0 fully saturated rings. The van der Waals surface area contributed by atoms with Crippen LogP contribution in [0.1, 0.15) is 30.7 Å². The zero-order valence-corrected chi connectivity index (χ0v) is 15.2. The summed E-state index contributed by atoms with van der Waals surface area (Å²) in [7, 11) is 1.70. The van der Waals surface area contributed by atoms with Crippen LogP contribution >= 0.6 is 11.6 Å². The molecule has 0 radical (unpaired) electrons. The van der Waals surface area contributed by atoms with Crippen LogP contribution in [0.25, 0.3) is 0 Å². The molecule has 1 aromatic heterocycles. The largest absolute Gasteiger partial charge is 0.313 e. The first-order valence-electron chi connectivity index (χ1n) is 8.09. The first kappa shape index (κ1) is 17.7. The summed E-state index contributed by atoms with van der Waals surface area (Å²) in [4.78, 5) is 26.6. The minimum Gasteiger partial charge on any atom is -0.313 e. The molecule has 1 aliphatic rings. The fraction of sp³-hybridized carbons (Fsp3) is 0.368. The first-order valence-corrected chi connectivity index (χ1v) is 8.63. The summed E-state index contributed by atoms with van der Waals surface area (Å²) >= 11 is 5.74. The summed E-state index contributed by atoms with van der Waals surface area (Å²) in [6, 6.07) is 8.10. The highest BCUT2D eigenvalue weighted by Gasteiger charge is 2.40. The molecule has 2 heterocycles. The summed E-state index contributed by atoms with van der Waals surface area (Å²) < 4.78 is 15.5. The number of alkyl halides is 1. The Balaban J connectivity index is 2.15. The van der Waals surface area contributed by atoms with Crippen LogP contribution < -0.4 is 10.5 Å². The average molecular weight is 363 g/mol. The molecular weight excluding hydrogens is 343 g/mol. The minimum absolute atomic E-state index is 0.124. The lowest BCUT2D eigenvalue weighted by atomic mass is 9.90. The van der Waals surface area contributed by atoms with Crippen molar-refractivity contribution in [2.45, 2.75) is 25.7 Å². The van der Waals surface area contributed by atoms with Gasteiger partial charge < -0.3 is 9.47 Å². The van der Waals surface area contributed by atoms with Crippen molar-refractivity contribution in [1.29, 1.82) is 0 Å². The maximum Gasteiger partial charge on any atom is 0.254 e. The Kier molecular flexibility index (Phi) is 4.45. The number of halogens is 2. The molecular formula is C19H20ClFN2O2. The summed E-state index contributed by atoms with van der Waals surface area (Å²) in [5, 5.41) is 0. The summed E-state index contributed by atoms with van der Waals surface area (Å²) in [6.45, 7) is 4.44. The van der Waals surface area contributed by atoms with Crippen molar-refractivity contribution in [3.63, 3.8) is 0 Å². The van der Waals surface area contributed by atoms with Crippen molar-refractivity contribution in [2.24, 2.45) is 7.05 Å². The summed E-state index contributed by atoms with van der Waals surface area (Å²) in [5.41, 5.74) is 1.86. The smallest absolute Gasteiger partial charge is 0.254 e. The van der Waals surface area contributed by atoms with E-state index >= 15 is 0 Å². The number of pyridine rings is 1. The molecule has 2 aromatic rings. The number of benzene rings is 1. The van der Waals surface area contributed by atoms with E-state index in [1.165, 1.54) is 6.07 Å². The van der Waals surface area contributed by atoms with Gasteiger partial charge in [-0.15, -0.1) is 11.6 Å². The predicted octanol–water partition coefficient (Wildman–Crippen LogP) is 2.98. The van der Waals surface area contributed by atoms with Crippen molar-refractivity contribution >= 4 is 23.2 Å². The Morgan fingerprint density at radius 1 is 1.28 bits per heavy atom. The molecule has 0 N–H and O–H groups in total. The van der Waals surface area contributed by atoms with E-state index < -0.39 is 0 Å². The third-order valence-electron chi connectivity index (χ3n) is 4.71. The van der Waals surface area contributed by atoms with Crippen LogP contribution in [0.3, 0.4) is 0 Å². The minimum atomic E-state index is -0.360.